The van der Waals surface area contributed by atoms with E-state index in [2.05, 4.69) is 10.2 Å². The Balaban J connectivity index is 2.09. The number of halogens is 1. The molecule has 2 heterocycles. The van der Waals surface area contributed by atoms with E-state index in [0.29, 0.717) is 19.0 Å². The van der Waals surface area contributed by atoms with Gasteiger partial charge in [-0.1, -0.05) is 0 Å². The van der Waals surface area contributed by atoms with Crippen LogP contribution >= 0.6 is 11.6 Å². The summed E-state index contributed by atoms with van der Waals surface area (Å²) in [6, 6.07) is 0. The number of alkyl halides is 1. The Hall–Kier alpha value is -1.23. The molecule has 2 rings (SSSR count). The van der Waals surface area contributed by atoms with Crippen molar-refractivity contribution in [1.29, 1.82) is 0 Å². The molecule has 0 aliphatic carbocycles. The Morgan fingerprint density at radius 2 is 2.28 bits per heavy atom. The quantitative estimate of drug-likeness (QED) is 0.798. The van der Waals surface area contributed by atoms with Crippen LogP contribution in [-0.2, 0) is 23.6 Å². The predicted octanol–water partition coefficient (Wildman–Crippen LogP) is 2.44. The summed E-state index contributed by atoms with van der Waals surface area (Å²) in [6.07, 6.45) is 0.480. The Bertz CT molecular complexity index is 437. The zero-order valence-electron chi connectivity index (χ0n) is 10.9. The molecule has 5 nitrogen and oxygen atoms in total. The summed E-state index contributed by atoms with van der Waals surface area (Å²) in [4.78, 5) is 13.7. The summed E-state index contributed by atoms with van der Waals surface area (Å²) in [5.74, 6) is 0.355. The van der Waals surface area contributed by atoms with Crippen LogP contribution in [0.1, 0.15) is 37.7 Å². The first kappa shape index (κ1) is 13.2. The van der Waals surface area contributed by atoms with Gasteiger partial charge in [-0.3, -0.25) is 5.10 Å². The van der Waals surface area contributed by atoms with E-state index in [-0.39, 0.29) is 6.09 Å². The molecule has 1 N–H and O–H groups in total. The molecule has 0 spiro atoms. The molecular weight excluding hydrogens is 254 g/mol. The number of amides is 1. The topological polar surface area (TPSA) is 58.2 Å². The first-order valence-electron chi connectivity index (χ1n) is 5.99. The summed E-state index contributed by atoms with van der Waals surface area (Å²) in [7, 11) is 0. The summed E-state index contributed by atoms with van der Waals surface area (Å²) in [5.41, 5.74) is 2.45. The molecule has 0 saturated carbocycles. The van der Waals surface area contributed by atoms with Crippen molar-refractivity contribution in [3.8, 4) is 0 Å². The van der Waals surface area contributed by atoms with Gasteiger partial charge in [-0.2, -0.15) is 5.10 Å². The Kier molecular flexibility index (Phi) is 3.52. The van der Waals surface area contributed by atoms with Gasteiger partial charge in [0.2, 0.25) is 0 Å². The number of aromatic amines is 1. The number of carbonyl (C=O) groups is 1. The van der Waals surface area contributed by atoms with E-state index in [1.54, 1.807) is 4.90 Å². The van der Waals surface area contributed by atoms with E-state index in [9.17, 15) is 4.79 Å². The van der Waals surface area contributed by atoms with Gasteiger partial charge in [-0.25, -0.2) is 4.79 Å². The average Bonchev–Trinajstić information content (AvgIpc) is 2.68. The van der Waals surface area contributed by atoms with Gasteiger partial charge in [0.15, 0.2) is 0 Å². The number of rotatable bonds is 1. The van der Waals surface area contributed by atoms with E-state index in [4.69, 9.17) is 16.3 Å². The molecule has 0 fully saturated rings. The first-order chi connectivity index (χ1) is 8.40. The molecule has 6 heteroatoms. The Labute approximate surface area is 111 Å². The highest BCUT2D eigenvalue weighted by molar-refractivity contribution is 6.17. The molecular formula is C12H18ClN3O2. The lowest BCUT2D eigenvalue weighted by Crippen LogP contribution is -2.39. The molecule has 1 aromatic rings. The van der Waals surface area contributed by atoms with E-state index in [1.165, 1.54) is 0 Å². The minimum atomic E-state index is -0.469. The fourth-order valence-electron chi connectivity index (χ4n) is 1.95. The van der Waals surface area contributed by atoms with E-state index < -0.39 is 5.60 Å². The van der Waals surface area contributed by atoms with Crippen LogP contribution in [0, 0.1) is 0 Å². The molecule has 0 aromatic carbocycles. The Morgan fingerprint density at radius 1 is 1.56 bits per heavy atom. The van der Waals surface area contributed by atoms with Crippen LogP contribution in [0.2, 0.25) is 0 Å². The second kappa shape index (κ2) is 4.80. The van der Waals surface area contributed by atoms with Gasteiger partial charge in [0.05, 0.1) is 18.1 Å². The predicted molar refractivity (Wildman–Crippen MR) is 68.5 cm³/mol. The number of carbonyl (C=O) groups excluding carboxylic acids is 1. The minimum absolute atomic E-state index is 0.283. The van der Waals surface area contributed by atoms with Gasteiger partial charge < -0.3 is 9.64 Å². The smallest absolute Gasteiger partial charge is 0.410 e. The van der Waals surface area contributed by atoms with E-state index in [0.717, 1.165) is 23.4 Å². The van der Waals surface area contributed by atoms with Crippen LogP contribution in [0.25, 0.3) is 0 Å². The highest BCUT2D eigenvalue weighted by atomic mass is 35.5. The minimum Gasteiger partial charge on any atom is -0.444 e. The number of ether oxygens (including phenoxy) is 1. The highest BCUT2D eigenvalue weighted by Crippen LogP contribution is 2.23. The molecule has 0 saturated heterocycles. The van der Waals surface area contributed by atoms with Gasteiger partial charge in [0.25, 0.3) is 0 Å². The summed E-state index contributed by atoms with van der Waals surface area (Å²) in [5, 5.41) is 7.12. The highest BCUT2D eigenvalue weighted by Gasteiger charge is 2.28. The zero-order valence-corrected chi connectivity index (χ0v) is 11.7. The van der Waals surface area contributed by atoms with Crippen molar-refractivity contribution in [2.24, 2.45) is 0 Å². The lowest BCUT2D eigenvalue weighted by molar-refractivity contribution is 0.0223. The third-order valence-corrected chi connectivity index (χ3v) is 3.05. The lowest BCUT2D eigenvalue weighted by atomic mass is 10.1. The molecule has 0 atom stereocenters. The maximum absolute atomic E-state index is 12.0. The van der Waals surface area contributed by atoms with Crippen molar-refractivity contribution in [2.75, 3.05) is 6.54 Å². The van der Waals surface area contributed by atoms with Gasteiger partial charge in [-0.15, -0.1) is 11.6 Å². The standard InChI is InChI=1S/C12H18ClN3O2/c1-12(2,3)18-11(17)16-5-4-9-8(7-16)10(6-13)15-14-9/h4-7H2,1-3H3,(H,14,15). The summed E-state index contributed by atoms with van der Waals surface area (Å²) in [6.45, 7) is 6.75. The van der Waals surface area contributed by atoms with Crippen LogP contribution in [0.15, 0.2) is 0 Å². The molecule has 1 amide bonds. The van der Waals surface area contributed by atoms with Crippen molar-refractivity contribution < 1.29 is 9.53 Å². The number of fused-ring (bicyclic) bond motifs is 1. The van der Waals surface area contributed by atoms with Crippen molar-refractivity contribution in [1.82, 2.24) is 15.1 Å². The zero-order chi connectivity index (χ0) is 13.3. The molecule has 0 radical (unpaired) electrons. The van der Waals surface area contributed by atoms with Crippen molar-refractivity contribution in [3.05, 3.63) is 17.0 Å². The first-order valence-corrected chi connectivity index (χ1v) is 6.53. The van der Waals surface area contributed by atoms with Gasteiger partial charge in [-0.05, 0) is 20.8 Å². The van der Waals surface area contributed by atoms with E-state index >= 15 is 0 Å². The van der Waals surface area contributed by atoms with Crippen LogP contribution in [0.5, 0.6) is 0 Å². The van der Waals surface area contributed by atoms with Crippen molar-refractivity contribution in [2.45, 2.75) is 45.2 Å². The molecule has 18 heavy (non-hydrogen) atoms. The second-order valence-corrected chi connectivity index (χ2v) is 5.68. The molecule has 1 aliphatic heterocycles. The Morgan fingerprint density at radius 3 is 2.89 bits per heavy atom. The van der Waals surface area contributed by atoms with Crippen LogP contribution in [-0.4, -0.2) is 33.3 Å². The van der Waals surface area contributed by atoms with Gasteiger partial charge in [0.1, 0.15) is 5.60 Å². The number of nitrogens with one attached hydrogen (secondary N) is 1. The normalized spacial score (nSPS) is 15.4. The monoisotopic (exact) mass is 271 g/mol. The van der Waals surface area contributed by atoms with Gasteiger partial charge in [0, 0.05) is 24.2 Å². The number of aromatic nitrogens is 2. The third-order valence-electron chi connectivity index (χ3n) is 2.80. The summed E-state index contributed by atoms with van der Waals surface area (Å²) >= 11 is 5.82. The molecule has 1 aromatic heterocycles. The molecule has 1 aliphatic rings. The second-order valence-electron chi connectivity index (χ2n) is 5.41. The third kappa shape index (κ3) is 2.77. The molecule has 0 unspecified atom stereocenters. The maximum atomic E-state index is 12.0. The lowest BCUT2D eigenvalue weighted by Gasteiger charge is -2.30. The van der Waals surface area contributed by atoms with Crippen molar-refractivity contribution in [3.63, 3.8) is 0 Å². The molecule has 100 valence electrons. The average molecular weight is 272 g/mol. The molecule has 0 bridgehead atoms. The number of nitrogens with zero attached hydrogens (tertiary/aromatic N) is 2. The van der Waals surface area contributed by atoms with Crippen LogP contribution in [0.4, 0.5) is 4.79 Å². The number of hydrogen-bond acceptors (Lipinski definition) is 3. The maximum Gasteiger partial charge on any atom is 0.410 e. The van der Waals surface area contributed by atoms with Gasteiger partial charge >= 0.3 is 6.09 Å². The van der Waals surface area contributed by atoms with E-state index in [1.807, 2.05) is 20.8 Å². The van der Waals surface area contributed by atoms with Crippen molar-refractivity contribution >= 4 is 17.7 Å². The number of hydrogen-bond donors (Lipinski definition) is 1. The van der Waals surface area contributed by atoms with Crippen LogP contribution < -0.4 is 0 Å². The fraction of sp³-hybridized carbons (Fsp3) is 0.667. The summed E-state index contributed by atoms with van der Waals surface area (Å²) < 4.78 is 5.37. The SMILES string of the molecule is CC(C)(C)OC(=O)N1CCc2[nH]nc(CCl)c2C1. The number of H-pyrrole nitrogens is 1. The fourth-order valence-corrected chi connectivity index (χ4v) is 2.17. The van der Waals surface area contributed by atoms with Crippen LogP contribution in [0.3, 0.4) is 0 Å². The largest absolute Gasteiger partial charge is 0.444 e.